The lowest BCUT2D eigenvalue weighted by molar-refractivity contribution is -0.134. The summed E-state index contributed by atoms with van der Waals surface area (Å²) in [5.74, 6) is 0.832. The minimum Gasteiger partial charge on any atom is -0.467 e. The maximum Gasteiger partial charge on any atom is 0.247 e. The van der Waals surface area contributed by atoms with Crippen molar-refractivity contribution in [1.29, 1.82) is 0 Å². The smallest absolute Gasteiger partial charge is 0.247 e. The number of carbonyl (C=O) groups is 1. The molecule has 4 heteroatoms. The first kappa shape index (κ1) is 12.9. The molecule has 104 valence electrons. The third-order valence-corrected chi connectivity index (χ3v) is 3.76. The number of nitrogens with zero attached hydrogens (tertiary/aromatic N) is 1. The zero-order valence-electron chi connectivity index (χ0n) is 11.5. The monoisotopic (exact) mass is 270 g/mol. The van der Waals surface area contributed by atoms with E-state index < -0.39 is 0 Å². The second-order valence-corrected chi connectivity index (χ2v) is 5.03. The van der Waals surface area contributed by atoms with Gasteiger partial charge in [-0.25, -0.2) is 0 Å². The largest absolute Gasteiger partial charge is 0.467 e. The maximum absolute atomic E-state index is 12.6. The van der Waals surface area contributed by atoms with Crippen LogP contribution < -0.4 is 5.32 Å². The van der Waals surface area contributed by atoms with E-state index in [2.05, 4.69) is 5.32 Å². The van der Waals surface area contributed by atoms with Crippen LogP contribution in [0.1, 0.15) is 22.9 Å². The summed E-state index contributed by atoms with van der Waals surface area (Å²) in [6, 6.07) is 11.6. The van der Waals surface area contributed by atoms with Gasteiger partial charge in [0.1, 0.15) is 11.8 Å². The summed E-state index contributed by atoms with van der Waals surface area (Å²) in [5.41, 5.74) is 2.27. The molecular formula is C16H18N2O2. The molecule has 1 aliphatic heterocycles. The topological polar surface area (TPSA) is 45.5 Å². The highest BCUT2D eigenvalue weighted by Crippen LogP contribution is 2.26. The van der Waals surface area contributed by atoms with Crippen LogP contribution in [-0.4, -0.2) is 24.4 Å². The first-order valence-corrected chi connectivity index (χ1v) is 6.86. The summed E-state index contributed by atoms with van der Waals surface area (Å²) in [6.07, 6.45) is 2.50. The van der Waals surface area contributed by atoms with E-state index in [1.165, 1.54) is 0 Å². The van der Waals surface area contributed by atoms with Crippen LogP contribution in [0.25, 0.3) is 0 Å². The normalized spacial score (nSPS) is 18.8. The number of carbonyl (C=O) groups excluding carboxylic acids is 1. The number of hydrogen-bond donors (Lipinski definition) is 1. The van der Waals surface area contributed by atoms with Crippen LogP contribution in [0.5, 0.6) is 0 Å². The standard InChI is InChI=1S/C16H18N2O2/c1-17-14-15-13(8-10-20-15)7-9-18(16(14)19)11-12-5-3-2-4-6-12/h2-6,8,10,14,17H,7,9,11H2,1H3. The average Bonchev–Trinajstić information content (AvgIpc) is 2.89. The van der Waals surface area contributed by atoms with Gasteiger partial charge in [0.05, 0.1) is 6.26 Å². The summed E-state index contributed by atoms with van der Waals surface area (Å²) < 4.78 is 5.50. The lowest BCUT2D eigenvalue weighted by Gasteiger charge is -2.24. The molecule has 0 saturated carbocycles. The highest BCUT2D eigenvalue weighted by atomic mass is 16.3. The first-order chi connectivity index (χ1) is 9.79. The van der Waals surface area contributed by atoms with Crippen molar-refractivity contribution in [2.45, 2.75) is 19.0 Å². The predicted octanol–water partition coefficient (Wildman–Crippen LogP) is 2.12. The fourth-order valence-electron chi connectivity index (χ4n) is 2.68. The van der Waals surface area contributed by atoms with Crippen molar-refractivity contribution in [3.05, 3.63) is 59.5 Å². The van der Waals surface area contributed by atoms with E-state index in [9.17, 15) is 4.79 Å². The maximum atomic E-state index is 12.6. The quantitative estimate of drug-likeness (QED) is 0.929. The van der Waals surface area contributed by atoms with Crippen molar-refractivity contribution in [3.8, 4) is 0 Å². The van der Waals surface area contributed by atoms with Gasteiger partial charge in [-0.1, -0.05) is 30.3 Å². The Morgan fingerprint density at radius 3 is 2.85 bits per heavy atom. The molecule has 3 rings (SSSR count). The molecule has 0 radical (unpaired) electrons. The fraction of sp³-hybridized carbons (Fsp3) is 0.312. The fourth-order valence-corrected chi connectivity index (χ4v) is 2.68. The van der Waals surface area contributed by atoms with Crippen molar-refractivity contribution in [2.75, 3.05) is 13.6 Å². The van der Waals surface area contributed by atoms with Crippen molar-refractivity contribution >= 4 is 5.91 Å². The zero-order valence-corrected chi connectivity index (χ0v) is 11.5. The molecule has 4 nitrogen and oxygen atoms in total. The van der Waals surface area contributed by atoms with Gasteiger partial charge in [0, 0.05) is 13.1 Å². The Balaban J connectivity index is 1.84. The van der Waals surface area contributed by atoms with E-state index in [-0.39, 0.29) is 11.9 Å². The van der Waals surface area contributed by atoms with Gasteiger partial charge in [0.15, 0.2) is 0 Å². The summed E-state index contributed by atoms with van der Waals surface area (Å²) in [6.45, 7) is 1.36. The van der Waals surface area contributed by atoms with E-state index >= 15 is 0 Å². The molecule has 0 aliphatic carbocycles. The molecule has 1 N–H and O–H groups in total. The van der Waals surface area contributed by atoms with Gasteiger partial charge in [-0.3, -0.25) is 4.79 Å². The number of rotatable bonds is 3. The minimum absolute atomic E-state index is 0.0741. The Labute approximate surface area is 118 Å². The van der Waals surface area contributed by atoms with Gasteiger partial charge in [-0.15, -0.1) is 0 Å². The molecule has 1 atom stereocenters. The van der Waals surface area contributed by atoms with Gasteiger partial charge in [0.25, 0.3) is 0 Å². The van der Waals surface area contributed by atoms with E-state index in [4.69, 9.17) is 4.42 Å². The molecular weight excluding hydrogens is 252 g/mol. The van der Waals surface area contributed by atoms with Gasteiger partial charge in [-0.2, -0.15) is 0 Å². The molecule has 1 aromatic heterocycles. The van der Waals surface area contributed by atoms with E-state index in [1.807, 2.05) is 41.3 Å². The number of hydrogen-bond acceptors (Lipinski definition) is 3. The Hall–Kier alpha value is -2.07. The number of likely N-dealkylation sites (N-methyl/N-ethyl adjacent to an activating group) is 1. The third-order valence-electron chi connectivity index (χ3n) is 3.76. The minimum atomic E-state index is -0.383. The van der Waals surface area contributed by atoms with Gasteiger partial charge >= 0.3 is 0 Å². The highest BCUT2D eigenvalue weighted by molar-refractivity contribution is 5.83. The summed E-state index contributed by atoms with van der Waals surface area (Å²) >= 11 is 0. The Bertz CT molecular complexity index is 592. The van der Waals surface area contributed by atoms with E-state index in [1.54, 1.807) is 13.3 Å². The van der Waals surface area contributed by atoms with E-state index in [0.29, 0.717) is 6.54 Å². The molecule has 1 amide bonds. The van der Waals surface area contributed by atoms with Crippen LogP contribution in [0.4, 0.5) is 0 Å². The molecule has 2 heterocycles. The molecule has 0 saturated heterocycles. The second kappa shape index (κ2) is 5.51. The molecule has 1 unspecified atom stereocenters. The van der Waals surface area contributed by atoms with Crippen molar-refractivity contribution in [1.82, 2.24) is 10.2 Å². The van der Waals surface area contributed by atoms with Crippen LogP contribution >= 0.6 is 0 Å². The number of benzene rings is 1. The lowest BCUT2D eigenvalue weighted by Crippen LogP contribution is -2.38. The van der Waals surface area contributed by atoms with Gasteiger partial charge in [-0.05, 0) is 30.7 Å². The molecule has 20 heavy (non-hydrogen) atoms. The number of fused-ring (bicyclic) bond motifs is 1. The lowest BCUT2D eigenvalue weighted by atomic mass is 10.1. The van der Waals surface area contributed by atoms with Crippen molar-refractivity contribution in [2.24, 2.45) is 0 Å². The summed E-state index contributed by atoms with van der Waals surface area (Å²) in [7, 11) is 1.79. The molecule has 0 fully saturated rings. The Morgan fingerprint density at radius 2 is 2.10 bits per heavy atom. The number of furan rings is 1. The second-order valence-electron chi connectivity index (χ2n) is 5.03. The number of amides is 1. The van der Waals surface area contributed by atoms with Crippen molar-refractivity contribution < 1.29 is 9.21 Å². The van der Waals surface area contributed by atoms with Crippen LogP contribution in [0, 0.1) is 0 Å². The third kappa shape index (κ3) is 2.34. The van der Waals surface area contributed by atoms with Crippen LogP contribution in [-0.2, 0) is 17.8 Å². The van der Waals surface area contributed by atoms with Crippen LogP contribution in [0.2, 0.25) is 0 Å². The van der Waals surface area contributed by atoms with Crippen LogP contribution in [0.15, 0.2) is 47.1 Å². The average molecular weight is 270 g/mol. The Kier molecular flexibility index (Phi) is 3.56. The molecule has 0 spiro atoms. The Morgan fingerprint density at radius 1 is 1.30 bits per heavy atom. The van der Waals surface area contributed by atoms with Gasteiger partial charge in [0.2, 0.25) is 5.91 Å². The predicted molar refractivity (Wildman–Crippen MR) is 76.1 cm³/mol. The summed E-state index contributed by atoms with van der Waals surface area (Å²) in [4.78, 5) is 14.5. The van der Waals surface area contributed by atoms with Crippen LogP contribution in [0.3, 0.4) is 0 Å². The zero-order chi connectivity index (χ0) is 13.9. The summed E-state index contributed by atoms with van der Waals surface area (Å²) in [5, 5.41) is 3.07. The first-order valence-electron chi connectivity index (χ1n) is 6.86. The highest BCUT2D eigenvalue weighted by Gasteiger charge is 2.32. The van der Waals surface area contributed by atoms with E-state index in [0.717, 1.165) is 29.9 Å². The van der Waals surface area contributed by atoms with Gasteiger partial charge < -0.3 is 14.6 Å². The SMILES string of the molecule is CNC1C(=O)N(Cc2ccccc2)CCc2ccoc21. The molecule has 2 aromatic rings. The number of nitrogens with one attached hydrogen (secondary N) is 1. The molecule has 0 bridgehead atoms. The molecule has 1 aromatic carbocycles. The molecule has 1 aliphatic rings. The van der Waals surface area contributed by atoms with Crippen molar-refractivity contribution in [3.63, 3.8) is 0 Å².